The summed E-state index contributed by atoms with van der Waals surface area (Å²) < 4.78 is 5.77. The molecule has 0 saturated carbocycles. The van der Waals surface area contributed by atoms with Crippen molar-refractivity contribution in [2.45, 2.75) is 35.7 Å². The van der Waals surface area contributed by atoms with Gasteiger partial charge in [-0.25, -0.2) is 0 Å². The fourth-order valence-electron chi connectivity index (χ4n) is 3.39. The molecule has 0 aliphatic carbocycles. The molecule has 0 spiro atoms. The van der Waals surface area contributed by atoms with E-state index in [2.05, 4.69) is 0 Å². The van der Waals surface area contributed by atoms with Gasteiger partial charge in [-0.2, -0.15) is 0 Å². The number of thioether (sulfide) groups is 1. The van der Waals surface area contributed by atoms with Crippen LogP contribution in [0.5, 0.6) is 0 Å². The molecule has 0 radical (unpaired) electrons. The molecule has 8 heteroatoms. The fraction of sp³-hybridized carbons (Fsp3) is 0.318. The summed E-state index contributed by atoms with van der Waals surface area (Å²) in [6, 6.07) is 13.4. The minimum absolute atomic E-state index is 0.167. The molecule has 156 valence electrons. The minimum atomic E-state index is -0.443. The molecule has 2 aliphatic heterocycles. The van der Waals surface area contributed by atoms with Crippen LogP contribution in [0.1, 0.15) is 31.4 Å². The summed E-state index contributed by atoms with van der Waals surface area (Å²) in [5, 5.41) is 0.280. The Morgan fingerprint density at radius 1 is 1.03 bits per heavy atom. The first-order valence-corrected chi connectivity index (χ1v) is 11.6. The van der Waals surface area contributed by atoms with Crippen LogP contribution in [0.3, 0.4) is 0 Å². The van der Waals surface area contributed by atoms with Gasteiger partial charge in [-0.15, -0.1) is 0 Å². The molecule has 2 aliphatic rings. The molecule has 6 nitrogen and oxygen atoms in total. The van der Waals surface area contributed by atoms with Gasteiger partial charge in [-0.1, -0.05) is 42.8 Å². The zero-order chi connectivity index (χ0) is 20.9. The van der Waals surface area contributed by atoms with E-state index in [0.29, 0.717) is 23.9 Å². The standard InChI is InChI=1S/C22H22N2O4S2/c25-19(23-12-6-1-2-7-13-23)15-24-21(26)18(30-22(24)27)14-16-10-11-20(28-16)29-17-8-4-3-5-9-17/h3-5,8-11,14H,1-2,6-7,12-13,15H2. The molecule has 4 rings (SSSR count). The van der Waals surface area contributed by atoms with Gasteiger partial charge in [-0.05, 0) is 48.9 Å². The van der Waals surface area contributed by atoms with Crippen molar-refractivity contribution in [3.05, 3.63) is 53.1 Å². The summed E-state index contributed by atoms with van der Waals surface area (Å²) >= 11 is 2.32. The van der Waals surface area contributed by atoms with Crippen molar-refractivity contribution in [3.63, 3.8) is 0 Å². The quantitative estimate of drug-likeness (QED) is 0.615. The molecule has 0 atom stereocenters. The number of nitrogens with zero attached hydrogens (tertiary/aromatic N) is 2. The maximum atomic E-state index is 12.7. The number of carbonyl (C=O) groups is 3. The molecule has 3 heterocycles. The first kappa shape index (κ1) is 20.8. The van der Waals surface area contributed by atoms with E-state index >= 15 is 0 Å². The third-order valence-electron chi connectivity index (χ3n) is 4.96. The second kappa shape index (κ2) is 9.57. The third kappa shape index (κ3) is 4.99. The average molecular weight is 443 g/mol. The van der Waals surface area contributed by atoms with Crippen molar-refractivity contribution >= 4 is 46.7 Å². The van der Waals surface area contributed by atoms with Gasteiger partial charge < -0.3 is 9.32 Å². The van der Waals surface area contributed by atoms with Gasteiger partial charge in [-0.3, -0.25) is 19.3 Å². The number of imide groups is 1. The normalized spacial score (nSPS) is 18.9. The van der Waals surface area contributed by atoms with E-state index in [1.165, 1.54) is 11.8 Å². The second-order valence-corrected chi connectivity index (χ2v) is 9.21. The molecule has 30 heavy (non-hydrogen) atoms. The zero-order valence-electron chi connectivity index (χ0n) is 16.4. The highest BCUT2D eigenvalue weighted by atomic mass is 32.2. The monoisotopic (exact) mass is 442 g/mol. The fourth-order valence-corrected chi connectivity index (χ4v) is 5.01. The van der Waals surface area contributed by atoms with Crippen molar-refractivity contribution in [1.29, 1.82) is 0 Å². The lowest BCUT2D eigenvalue weighted by Crippen LogP contribution is -2.42. The van der Waals surface area contributed by atoms with E-state index in [1.54, 1.807) is 17.0 Å². The summed E-state index contributed by atoms with van der Waals surface area (Å²) in [5.74, 6) is -0.111. The lowest BCUT2D eigenvalue weighted by atomic mass is 10.2. The van der Waals surface area contributed by atoms with Crippen LogP contribution in [0.2, 0.25) is 0 Å². The minimum Gasteiger partial charge on any atom is -0.450 e. The van der Waals surface area contributed by atoms with Crippen LogP contribution < -0.4 is 0 Å². The number of hydrogen-bond donors (Lipinski definition) is 0. The van der Waals surface area contributed by atoms with Crippen LogP contribution >= 0.6 is 23.5 Å². The highest BCUT2D eigenvalue weighted by molar-refractivity contribution is 8.18. The summed E-state index contributed by atoms with van der Waals surface area (Å²) in [7, 11) is 0. The lowest BCUT2D eigenvalue weighted by molar-refractivity contribution is -0.135. The first-order chi connectivity index (χ1) is 14.6. The Morgan fingerprint density at radius 3 is 2.50 bits per heavy atom. The highest BCUT2D eigenvalue weighted by Crippen LogP contribution is 2.34. The summed E-state index contributed by atoms with van der Waals surface area (Å²) in [5.41, 5.74) is 0. The molecule has 2 aromatic rings. The van der Waals surface area contributed by atoms with Gasteiger partial charge in [0.05, 0.1) is 4.91 Å². The molecule has 1 aromatic heterocycles. The van der Waals surface area contributed by atoms with Crippen molar-refractivity contribution in [1.82, 2.24) is 9.80 Å². The number of amides is 3. The zero-order valence-corrected chi connectivity index (χ0v) is 18.0. The molecule has 0 N–H and O–H groups in total. The first-order valence-electron chi connectivity index (χ1n) is 9.96. The van der Waals surface area contributed by atoms with E-state index in [4.69, 9.17) is 4.42 Å². The van der Waals surface area contributed by atoms with E-state index in [-0.39, 0.29) is 17.4 Å². The Labute approximate surface area is 183 Å². The summed E-state index contributed by atoms with van der Waals surface area (Å²) in [6.07, 6.45) is 5.73. The molecular formula is C22H22N2O4S2. The Kier molecular flexibility index (Phi) is 6.64. The molecule has 2 saturated heterocycles. The van der Waals surface area contributed by atoms with E-state index in [1.807, 2.05) is 36.4 Å². The summed E-state index contributed by atoms with van der Waals surface area (Å²) in [6.45, 7) is 1.19. The van der Waals surface area contributed by atoms with Gasteiger partial charge in [0.1, 0.15) is 12.3 Å². The lowest BCUT2D eigenvalue weighted by Gasteiger charge is -2.22. The van der Waals surface area contributed by atoms with Crippen LogP contribution in [-0.4, -0.2) is 46.5 Å². The largest absolute Gasteiger partial charge is 0.450 e. The van der Waals surface area contributed by atoms with Gasteiger partial charge in [0.2, 0.25) is 5.91 Å². The Morgan fingerprint density at radius 2 is 1.77 bits per heavy atom. The smallest absolute Gasteiger partial charge is 0.294 e. The molecule has 2 fully saturated rings. The van der Waals surface area contributed by atoms with E-state index < -0.39 is 11.1 Å². The van der Waals surface area contributed by atoms with Crippen LogP contribution in [0, 0.1) is 0 Å². The number of hydrogen-bond acceptors (Lipinski definition) is 6. The predicted molar refractivity (Wildman–Crippen MR) is 117 cm³/mol. The number of likely N-dealkylation sites (tertiary alicyclic amines) is 1. The average Bonchev–Trinajstić information content (AvgIpc) is 3.15. The molecule has 0 bridgehead atoms. The second-order valence-electron chi connectivity index (χ2n) is 7.13. The SMILES string of the molecule is O=C(CN1C(=O)SC(=Cc2ccc(Sc3ccccc3)o2)C1=O)N1CCCCCC1. The maximum absolute atomic E-state index is 12.7. The van der Waals surface area contributed by atoms with Gasteiger partial charge in [0.25, 0.3) is 11.1 Å². The Bertz CT molecular complexity index is 963. The van der Waals surface area contributed by atoms with Gasteiger partial charge in [0, 0.05) is 24.1 Å². The molecule has 3 amide bonds. The van der Waals surface area contributed by atoms with Crippen molar-refractivity contribution in [3.8, 4) is 0 Å². The predicted octanol–water partition coefficient (Wildman–Crippen LogP) is 4.87. The molecular weight excluding hydrogens is 420 g/mol. The summed E-state index contributed by atoms with van der Waals surface area (Å²) in [4.78, 5) is 41.7. The van der Waals surface area contributed by atoms with Crippen LogP contribution in [0.15, 0.2) is 61.8 Å². The number of carbonyl (C=O) groups excluding carboxylic acids is 3. The van der Waals surface area contributed by atoms with Crippen molar-refractivity contribution in [2.75, 3.05) is 19.6 Å². The molecule has 0 unspecified atom stereocenters. The topological polar surface area (TPSA) is 70.8 Å². The third-order valence-corrected chi connectivity index (χ3v) is 6.80. The van der Waals surface area contributed by atoms with Crippen LogP contribution in [-0.2, 0) is 9.59 Å². The maximum Gasteiger partial charge on any atom is 0.294 e. The van der Waals surface area contributed by atoms with Crippen LogP contribution in [0.25, 0.3) is 6.08 Å². The molecule has 1 aromatic carbocycles. The number of benzene rings is 1. The van der Waals surface area contributed by atoms with Gasteiger partial charge in [0.15, 0.2) is 5.09 Å². The van der Waals surface area contributed by atoms with E-state index in [0.717, 1.165) is 47.2 Å². The van der Waals surface area contributed by atoms with Crippen LogP contribution in [0.4, 0.5) is 4.79 Å². The Balaban J connectivity index is 1.41. The van der Waals surface area contributed by atoms with Crippen molar-refractivity contribution < 1.29 is 18.8 Å². The van der Waals surface area contributed by atoms with E-state index in [9.17, 15) is 14.4 Å². The highest BCUT2D eigenvalue weighted by Gasteiger charge is 2.37. The Hall–Kier alpha value is -2.45. The van der Waals surface area contributed by atoms with Gasteiger partial charge >= 0.3 is 0 Å². The number of rotatable bonds is 5. The van der Waals surface area contributed by atoms with Crippen molar-refractivity contribution in [2.24, 2.45) is 0 Å². The number of furan rings is 1.